The molecule has 29 heavy (non-hydrogen) atoms. The van der Waals surface area contributed by atoms with Crippen LogP contribution in [-0.2, 0) is 4.74 Å². The molecule has 1 aliphatic heterocycles. The summed E-state index contributed by atoms with van der Waals surface area (Å²) in [5, 5.41) is 7.75. The third-order valence-electron chi connectivity index (χ3n) is 4.42. The quantitative estimate of drug-likeness (QED) is 0.661. The first kappa shape index (κ1) is 21.0. The van der Waals surface area contributed by atoms with Crippen molar-refractivity contribution in [1.82, 2.24) is 20.1 Å². The van der Waals surface area contributed by atoms with Crippen LogP contribution >= 0.6 is 0 Å². The van der Waals surface area contributed by atoms with Crippen LogP contribution in [0.2, 0.25) is 0 Å². The molecule has 0 radical (unpaired) electrons. The molecule has 2 aromatic heterocycles. The highest BCUT2D eigenvalue weighted by Gasteiger charge is 2.25. The molecule has 8 nitrogen and oxygen atoms in total. The predicted molar refractivity (Wildman–Crippen MR) is 107 cm³/mol. The second-order valence-corrected chi connectivity index (χ2v) is 7.87. The first-order valence-electron chi connectivity index (χ1n) is 9.87. The molecule has 0 aliphatic carbocycles. The summed E-state index contributed by atoms with van der Waals surface area (Å²) in [4.78, 5) is 18.8. The van der Waals surface area contributed by atoms with Gasteiger partial charge in [-0.1, -0.05) is 0 Å². The number of pyridine rings is 1. The van der Waals surface area contributed by atoms with Crippen LogP contribution in [0.25, 0.3) is 0 Å². The number of rotatable bonds is 7. The van der Waals surface area contributed by atoms with Crippen LogP contribution in [0.3, 0.4) is 0 Å². The Labute approximate surface area is 171 Å². The maximum absolute atomic E-state index is 12.7. The number of amides is 1. The first-order chi connectivity index (χ1) is 13.9. The first-order valence-corrected chi connectivity index (χ1v) is 9.87. The summed E-state index contributed by atoms with van der Waals surface area (Å²) >= 11 is 0. The lowest BCUT2D eigenvalue weighted by atomic mass is 10.1. The van der Waals surface area contributed by atoms with Gasteiger partial charge in [0.25, 0.3) is 5.91 Å². The average Bonchev–Trinajstić information content (AvgIpc) is 2.72. The summed E-state index contributed by atoms with van der Waals surface area (Å²) < 4.78 is 17.0. The largest absolute Gasteiger partial charge is 0.475 e. The van der Waals surface area contributed by atoms with Crippen LogP contribution in [0.1, 0.15) is 44.0 Å². The molecule has 0 N–H and O–H groups in total. The van der Waals surface area contributed by atoms with Crippen molar-refractivity contribution in [3.05, 3.63) is 42.2 Å². The van der Waals surface area contributed by atoms with Crippen molar-refractivity contribution in [2.75, 3.05) is 26.3 Å². The second kappa shape index (κ2) is 9.65. The van der Waals surface area contributed by atoms with E-state index in [1.54, 1.807) is 36.7 Å². The Kier molecular flexibility index (Phi) is 6.98. The Bertz CT molecular complexity index is 770. The minimum Gasteiger partial charge on any atom is -0.475 e. The maximum Gasteiger partial charge on any atom is 0.255 e. The molecule has 8 heteroatoms. The third-order valence-corrected chi connectivity index (χ3v) is 4.42. The summed E-state index contributed by atoms with van der Waals surface area (Å²) in [5.41, 5.74) is 0.358. The van der Waals surface area contributed by atoms with E-state index in [1.165, 1.54) is 0 Å². The number of likely N-dealkylation sites (tertiary alicyclic amines) is 1. The van der Waals surface area contributed by atoms with Crippen LogP contribution in [0.15, 0.2) is 36.7 Å². The van der Waals surface area contributed by atoms with Gasteiger partial charge in [-0.05, 0) is 32.9 Å². The molecule has 156 valence electrons. The monoisotopic (exact) mass is 400 g/mol. The molecule has 0 spiro atoms. The van der Waals surface area contributed by atoms with Gasteiger partial charge in [-0.15, -0.1) is 5.10 Å². The van der Waals surface area contributed by atoms with E-state index in [-0.39, 0.29) is 17.6 Å². The van der Waals surface area contributed by atoms with Crippen molar-refractivity contribution in [1.29, 1.82) is 0 Å². The van der Waals surface area contributed by atoms with Gasteiger partial charge in [0.15, 0.2) is 0 Å². The fraction of sp³-hybridized carbons (Fsp3) is 0.524. The molecule has 1 fully saturated rings. The predicted octanol–water partition coefficient (Wildman–Crippen LogP) is 2.75. The number of piperidine rings is 1. The van der Waals surface area contributed by atoms with Gasteiger partial charge in [0.2, 0.25) is 11.8 Å². The maximum atomic E-state index is 12.7. The van der Waals surface area contributed by atoms with E-state index >= 15 is 0 Å². The van der Waals surface area contributed by atoms with Crippen molar-refractivity contribution >= 4 is 5.91 Å². The number of hydrogen-bond acceptors (Lipinski definition) is 7. The Morgan fingerprint density at radius 2 is 1.93 bits per heavy atom. The molecule has 3 rings (SSSR count). The molecule has 0 saturated carbocycles. The fourth-order valence-corrected chi connectivity index (χ4v) is 2.97. The Morgan fingerprint density at radius 3 is 2.55 bits per heavy atom. The fourth-order valence-electron chi connectivity index (χ4n) is 2.97. The minimum absolute atomic E-state index is 0.0296. The number of ether oxygens (including phenoxy) is 3. The van der Waals surface area contributed by atoms with Crippen LogP contribution in [0.5, 0.6) is 11.8 Å². The minimum atomic E-state index is -0.194. The topological polar surface area (TPSA) is 86.7 Å². The molecular formula is C21H28N4O4. The molecule has 3 heterocycles. The molecule has 0 aromatic carbocycles. The van der Waals surface area contributed by atoms with Crippen LogP contribution in [-0.4, -0.2) is 64.0 Å². The van der Waals surface area contributed by atoms with Crippen molar-refractivity contribution in [3.8, 4) is 11.8 Å². The van der Waals surface area contributed by atoms with E-state index in [0.717, 1.165) is 12.8 Å². The van der Waals surface area contributed by atoms with Gasteiger partial charge in [-0.2, -0.15) is 5.10 Å². The zero-order valence-electron chi connectivity index (χ0n) is 17.2. The highest BCUT2D eigenvalue weighted by Crippen LogP contribution is 2.19. The average molecular weight is 400 g/mol. The molecular weight excluding hydrogens is 372 g/mol. The summed E-state index contributed by atoms with van der Waals surface area (Å²) in [6, 6.07) is 7.04. The Morgan fingerprint density at radius 1 is 1.14 bits per heavy atom. The number of nitrogens with zero attached hydrogens (tertiary/aromatic N) is 4. The highest BCUT2D eigenvalue weighted by atomic mass is 16.5. The van der Waals surface area contributed by atoms with Crippen molar-refractivity contribution in [3.63, 3.8) is 0 Å². The van der Waals surface area contributed by atoms with E-state index in [4.69, 9.17) is 14.2 Å². The van der Waals surface area contributed by atoms with E-state index in [0.29, 0.717) is 43.6 Å². The zero-order chi connectivity index (χ0) is 20.7. The Hall–Kier alpha value is -2.74. The number of carbonyl (C=O) groups excluding carboxylic acids is 1. The molecule has 0 unspecified atom stereocenters. The lowest BCUT2D eigenvalue weighted by Crippen LogP contribution is -2.41. The molecule has 0 bridgehead atoms. The number of aromatic nitrogens is 3. The van der Waals surface area contributed by atoms with Crippen LogP contribution < -0.4 is 9.47 Å². The van der Waals surface area contributed by atoms with E-state index < -0.39 is 0 Å². The summed E-state index contributed by atoms with van der Waals surface area (Å²) in [7, 11) is 0. The summed E-state index contributed by atoms with van der Waals surface area (Å²) in [5.74, 6) is 0.971. The van der Waals surface area contributed by atoms with E-state index in [1.807, 2.05) is 25.7 Å². The molecule has 2 aromatic rings. The molecule has 1 amide bonds. The number of hydrogen-bond donors (Lipinski definition) is 0. The molecule has 1 saturated heterocycles. The molecule has 1 aliphatic rings. The second-order valence-electron chi connectivity index (χ2n) is 7.87. The van der Waals surface area contributed by atoms with Gasteiger partial charge in [-0.25, -0.2) is 4.98 Å². The lowest BCUT2D eigenvalue weighted by Gasteiger charge is -2.31. The van der Waals surface area contributed by atoms with Gasteiger partial charge >= 0.3 is 0 Å². The smallest absolute Gasteiger partial charge is 0.255 e. The van der Waals surface area contributed by atoms with Crippen molar-refractivity contribution < 1.29 is 19.0 Å². The van der Waals surface area contributed by atoms with Gasteiger partial charge in [0.1, 0.15) is 12.7 Å². The summed E-state index contributed by atoms with van der Waals surface area (Å²) in [6.45, 7) is 8.15. The van der Waals surface area contributed by atoms with Gasteiger partial charge in [0, 0.05) is 50.5 Å². The summed E-state index contributed by atoms with van der Waals surface area (Å²) in [6.07, 6.45) is 4.72. The highest BCUT2D eigenvalue weighted by molar-refractivity contribution is 5.94. The van der Waals surface area contributed by atoms with Gasteiger partial charge in [0.05, 0.1) is 17.8 Å². The SMILES string of the molecule is CC(C)(C)OCCOc1ccc(C(=O)N2CCC(Oc3cccnn3)CC2)cn1. The lowest BCUT2D eigenvalue weighted by molar-refractivity contribution is -0.0168. The standard InChI is InChI=1S/C21H28N4O4/c1-21(2,3)28-14-13-27-18-7-6-16(15-22-18)20(26)25-11-8-17(9-12-25)29-19-5-4-10-23-24-19/h4-7,10,15,17H,8-9,11-14H2,1-3H3. The molecule has 0 atom stereocenters. The normalized spacial score (nSPS) is 15.2. The van der Waals surface area contributed by atoms with E-state index in [9.17, 15) is 4.79 Å². The van der Waals surface area contributed by atoms with Crippen molar-refractivity contribution in [2.24, 2.45) is 0 Å². The van der Waals surface area contributed by atoms with Gasteiger partial charge < -0.3 is 19.1 Å². The van der Waals surface area contributed by atoms with Crippen LogP contribution in [0.4, 0.5) is 0 Å². The van der Waals surface area contributed by atoms with Crippen molar-refractivity contribution in [2.45, 2.75) is 45.3 Å². The van der Waals surface area contributed by atoms with Crippen LogP contribution in [0, 0.1) is 0 Å². The third kappa shape index (κ3) is 6.67. The number of carbonyl (C=O) groups is 1. The Balaban J connectivity index is 1.43. The van der Waals surface area contributed by atoms with Gasteiger partial charge in [-0.3, -0.25) is 4.79 Å². The van der Waals surface area contributed by atoms with E-state index in [2.05, 4.69) is 15.2 Å². The zero-order valence-corrected chi connectivity index (χ0v) is 17.2.